The van der Waals surface area contributed by atoms with Gasteiger partial charge in [-0.05, 0) is 60.1 Å². The molecule has 422 valence electrons. The normalized spacial score (nSPS) is 20.3. The zero-order valence-electron chi connectivity index (χ0n) is 44.8. The van der Waals surface area contributed by atoms with Crippen LogP contribution < -0.4 is 9.47 Å². The SMILES string of the molecule is O=C1C(=Nc2nc3c(s2)-c2cc4c(cc2C(C(=O)OCc2ccccc2)(C(=O)OCc2ccccc2)O3)-c2sc(N=C3C(=O)C5CCCCC5C3=O)nc2OC4(C(=O)OCc2ccccc2)C(=O)OCc2ccccc2)C(=O)C2CCCCC12. The molecule has 4 heterocycles. The molecule has 4 fully saturated rings. The molecule has 4 saturated carbocycles. The van der Waals surface area contributed by atoms with Crippen LogP contribution in [-0.2, 0) is 94.9 Å². The minimum absolute atomic E-state index is 0.0390. The number of Topliss-reactive ketones (excluding diaryl/α,β-unsaturated/α-hetero) is 4. The number of esters is 4. The van der Waals surface area contributed by atoms with E-state index >= 15 is 19.2 Å². The number of aromatic nitrogens is 2. The zero-order chi connectivity index (χ0) is 57.7. The fourth-order valence-electron chi connectivity index (χ4n) is 12.1. The van der Waals surface area contributed by atoms with Crippen LogP contribution in [0.1, 0.15) is 84.7 Å². The highest BCUT2D eigenvalue weighted by Crippen LogP contribution is 2.58. The van der Waals surface area contributed by atoms with Crippen LogP contribution in [0.4, 0.5) is 10.3 Å². The van der Waals surface area contributed by atoms with E-state index in [0.29, 0.717) is 47.9 Å². The first-order valence-corrected chi connectivity index (χ1v) is 29.3. The second kappa shape index (κ2) is 22.2. The molecule has 13 rings (SSSR count). The molecule has 18 nitrogen and oxygen atoms in total. The average molecular weight is 1160 g/mol. The van der Waals surface area contributed by atoms with E-state index in [1.54, 1.807) is 121 Å². The Labute approximate surface area is 487 Å². The fourth-order valence-corrected chi connectivity index (χ4v) is 13.9. The number of carbonyl (C=O) groups is 8. The minimum atomic E-state index is -2.91. The number of ether oxygens (including phenoxy) is 6. The molecule has 6 aliphatic rings. The monoisotopic (exact) mass is 1160 g/mol. The third kappa shape index (κ3) is 9.51. The van der Waals surface area contributed by atoms with Crippen LogP contribution in [-0.4, -0.2) is 68.4 Å². The summed E-state index contributed by atoms with van der Waals surface area (Å²) in [4.78, 5) is 136. The second-order valence-corrected chi connectivity index (χ2v) is 23.3. The molecule has 20 heteroatoms. The topological polar surface area (TPSA) is 242 Å². The Morgan fingerprint density at radius 2 is 0.714 bits per heavy atom. The van der Waals surface area contributed by atoms with Crippen molar-refractivity contribution in [1.82, 2.24) is 9.97 Å². The van der Waals surface area contributed by atoms with Crippen LogP contribution in [0.15, 0.2) is 143 Å². The predicted octanol–water partition coefficient (Wildman–Crippen LogP) is 10.1. The molecule has 0 saturated heterocycles. The van der Waals surface area contributed by atoms with Gasteiger partial charge in [0.1, 0.15) is 36.2 Å². The molecule has 2 aromatic heterocycles. The van der Waals surface area contributed by atoms with E-state index in [1.807, 2.05) is 0 Å². The van der Waals surface area contributed by atoms with E-state index in [-0.39, 0.29) is 91.9 Å². The molecule has 0 bridgehead atoms. The number of rotatable bonds is 14. The highest BCUT2D eigenvalue weighted by Gasteiger charge is 2.63. The Hall–Kier alpha value is -9.14. The number of thiazole rings is 2. The van der Waals surface area contributed by atoms with Gasteiger partial charge in [-0.25, -0.2) is 29.2 Å². The Morgan fingerprint density at radius 3 is 0.988 bits per heavy atom. The number of carbonyl (C=O) groups excluding carboxylic acids is 8. The molecule has 84 heavy (non-hydrogen) atoms. The van der Waals surface area contributed by atoms with Crippen LogP contribution in [0.5, 0.6) is 11.8 Å². The van der Waals surface area contributed by atoms with E-state index < -0.39 is 81.9 Å². The lowest BCUT2D eigenvalue weighted by Gasteiger charge is -2.38. The Kier molecular flexibility index (Phi) is 14.3. The number of fused-ring (bicyclic) bond motifs is 8. The Bertz CT molecular complexity index is 3500. The van der Waals surface area contributed by atoms with Crippen LogP contribution in [0.2, 0.25) is 0 Å². The van der Waals surface area contributed by atoms with Gasteiger partial charge in [0.2, 0.25) is 22.0 Å². The van der Waals surface area contributed by atoms with E-state index in [1.165, 1.54) is 12.1 Å². The summed E-state index contributed by atoms with van der Waals surface area (Å²) in [7, 11) is 0. The lowest BCUT2D eigenvalue weighted by atomic mass is 9.79. The predicted molar refractivity (Wildman–Crippen MR) is 303 cm³/mol. The summed E-state index contributed by atoms with van der Waals surface area (Å²) < 4.78 is 37.6. The van der Waals surface area contributed by atoms with Gasteiger partial charge in [-0.15, -0.1) is 0 Å². The van der Waals surface area contributed by atoms with Crippen molar-refractivity contribution in [3.63, 3.8) is 0 Å². The third-order valence-electron chi connectivity index (χ3n) is 16.3. The van der Waals surface area contributed by atoms with E-state index in [0.717, 1.165) is 48.4 Å². The van der Waals surface area contributed by atoms with Crippen molar-refractivity contribution in [3.05, 3.63) is 167 Å². The van der Waals surface area contributed by atoms with Gasteiger partial charge in [0, 0.05) is 45.9 Å². The largest absolute Gasteiger partial charge is 0.457 e. The van der Waals surface area contributed by atoms with Crippen molar-refractivity contribution in [2.75, 3.05) is 0 Å². The van der Waals surface area contributed by atoms with Gasteiger partial charge in [-0.3, -0.25) is 19.2 Å². The number of hydrogen-bond donors (Lipinski definition) is 0. The van der Waals surface area contributed by atoms with Crippen LogP contribution in [0.3, 0.4) is 0 Å². The van der Waals surface area contributed by atoms with Gasteiger partial charge >= 0.3 is 35.1 Å². The zero-order valence-corrected chi connectivity index (χ0v) is 46.5. The summed E-state index contributed by atoms with van der Waals surface area (Å²) in [6, 6.07) is 37.5. The number of benzene rings is 5. The number of hydrogen-bond acceptors (Lipinski definition) is 20. The lowest BCUT2D eigenvalue weighted by Crippen LogP contribution is -2.54. The minimum Gasteiger partial charge on any atom is -0.457 e. The van der Waals surface area contributed by atoms with Crippen molar-refractivity contribution >= 4 is 91.4 Å². The standard InChI is InChI=1S/C64H50N4O14S2/c69-49-39-25-13-14-26-40(39)50(70)47(49)65-61-67-55-53(83-61)43-30-46-44(29-45(43)63(81-55,57(73)77-31-35-17-5-1-6-18-35)58(74)78-32-36-19-7-2-8-20-36)54-56(68-62(84-54)66-48-51(71)41-27-15-16-28-42(41)52(48)72)82-64(46,59(75)79-33-37-21-9-3-10-22-37)60(76)80-34-38-23-11-4-12-24-38/h1-12,17-24,29-30,39-42H,13-16,25-28,31-34H2. The third-order valence-corrected chi connectivity index (χ3v) is 18.2. The molecule has 0 radical (unpaired) electrons. The highest BCUT2D eigenvalue weighted by molar-refractivity contribution is 7.19. The van der Waals surface area contributed by atoms with Crippen molar-refractivity contribution in [3.8, 4) is 32.6 Å². The summed E-state index contributed by atoms with van der Waals surface area (Å²) in [6.07, 6.45) is 5.23. The fraction of sp³-hybridized carbons (Fsp3) is 0.281. The summed E-state index contributed by atoms with van der Waals surface area (Å²) in [5, 5.41) is -0.303. The van der Waals surface area contributed by atoms with Crippen molar-refractivity contribution < 1.29 is 66.8 Å². The van der Waals surface area contributed by atoms with Gasteiger partial charge in [0.25, 0.3) is 0 Å². The Balaban J connectivity index is 1.04. The quantitative estimate of drug-likeness (QED) is 0.0558. The maximum absolute atomic E-state index is 15.5. The first-order chi connectivity index (χ1) is 40.9. The number of ketones is 4. The molecule has 4 aliphatic carbocycles. The maximum atomic E-state index is 15.5. The van der Waals surface area contributed by atoms with Gasteiger partial charge in [0.15, 0.2) is 34.6 Å². The first kappa shape index (κ1) is 54.1. The summed E-state index contributed by atoms with van der Waals surface area (Å²) >= 11 is 1.70. The van der Waals surface area contributed by atoms with Crippen LogP contribution in [0, 0.1) is 23.7 Å². The maximum Gasteiger partial charge on any atom is 0.367 e. The number of nitrogens with zero attached hydrogens (tertiary/aromatic N) is 4. The van der Waals surface area contributed by atoms with Gasteiger partial charge in [0.05, 0.1) is 0 Å². The van der Waals surface area contributed by atoms with Gasteiger partial charge < -0.3 is 28.4 Å². The van der Waals surface area contributed by atoms with E-state index in [9.17, 15) is 19.2 Å². The molecule has 0 spiro atoms. The van der Waals surface area contributed by atoms with E-state index in [4.69, 9.17) is 28.4 Å². The lowest BCUT2D eigenvalue weighted by molar-refractivity contribution is -0.185. The van der Waals surface area contributed by atoms with Crippen LogP contribution >= 0.6 is 22.7 Å². The van der Waals surface area contributed by atoms with E-state index in [2.05, 4.69) is 20.0 Å². The molecule has 0 amide bonds. The summed E-state index contributed by atoms with van der Waals surface area (Å²) in [5.41, 5.74) is -4.74. The van der Waals surface area contributed by atoms with Crippen molar-refractivity contribution in [2.45, 2.75) is 89.0 Å². The van der Waals surface area contributed by atoms with Gasteiger partial charge in [-0.2, -0.15) is 9.97 Å². The molecule has 4 unspecified atom stereocenters. The molecule has 0 N–H and O–H groups in total. The number of aliphatic imine (C=N–C) groups is 2. The first-order valence-electron chi connectivity index (χ1n) is 27.7. The molecule has 4 atom stereocenters. The molecular weight excluding hydrogens is 1110 g/mol. The van der Waals surface area contributed by atoms with Crippen molar-refractivity contribution in [1.29, 1.82) is 0 Å². The molecule has 5 aromatic carbocycles. The molecule has 7 aromatic rings. The van der Waals surface area contributed by atoms with Crippen molar-refractivity contribution in [2.24, 2.45) is 33.7 Å². The highest BCUT2D eigenvalue weighted by atomic mass is 32.1. The molecule has 2 aliphatic heterocycles. The smallest absolute Gasteiger partial charge is 0.367 e. The second-order valence-electron chi connectivity index (χ2n) is 21.4. The van der Waals surface area contributed by atoms with Gasteiger partial charge in [-0.1, -0.05) is 170 Å². The summed E-state index contributed by atoms with van der Waals surface area (Å²) in [5.74, 6) is -9.56. The molecular formula is C64H50N4O14S2. The Morgan fingerprint density at radius 1 is 0.440 bits per heavy atom. The van der Waals surface area contributed by atoms with Crippen LogP contribution in [0.25, 0.3) is 20.9 Å². The summed E-state index contributed by atoms with van der Waals surface area (Å²) in [6.45, 7) is -1.42. The average Bonchev–Trinajstić information content (AvgIpc) is 1.27.